The minimum absolute atomic E-state index is 5.24. The fourth-order valence-corrected chi connectivity index (χ4v) is 3.37. The SMILES string of the molecule is O=C1C(F)(F)C(F)(C(F)(F)F)C2(F)C(F)(F)C(F)(C(F)(F)F)C(F)(F)C(F)(F)C12F. The van der Waals surface area contributed by atoms with Gasteiger partial charge in [-0.1, -0.05) is 0 Å². The lowest BCUT2D eigenvalue weighted by Crippen LogP contribution is -2.91. The average molecular weight is 490 g/mol. The molecule has 0 bridgehead atoms. The molecule has 0 amide bonds. The smallest absolute Gasteiger partial charge is 0.289 e. The van der Waals surface area contributed by atoms with Crippen LogP contribution in [0, 0.1) is 0 Å². The molecule has 0 spiro atoms. The van der Waals surface area contributed by atoms with Gasteiger partial charge in [0.15, 0.2) is 0 Å². The summed E-state index contributed by atoms with van der Waals surface area (Å²) in [7, 11) is 0. The standard InChI is InChI=1S/C11F18O/c12-2-1(30)3(13,14)5(16,10(24,25)26)4(2,15)8(20,21)6(17,11(27,28)29)9(22,23)7(2,18)19. The third-order valence-electron chi connectivity index (χ3n) is 4.89. The highest BCUT2D eigenvalue weighted by Crippen LogP contribution is 2.80. The summed E-state index contributed by atoms with van der Waals surface area (Å²) in [4.78, 5) is 11.0. The summed E-state index contributed by atoms with van der Waals surface area (Å²) in [6.45, 7) is 0. The molecule has 2 fully saturated rings. The van der Waals surface area contributed by atoms with Crippen LogP contribution in [0.2, 0.25) is 0 Å². The third kappa shape index (κ3) is 1.69. The van der Waals surface area contributed by atoms with Gasteiger partial charge in [0.05, 0.1) is 0 Å². The maximum Gasteiger partial charge on any atom is 0.435 e. The highest BCUT2D eigenvalue weighted by molar-refractivity contribution is 6.02. The molecule has 2 rings (SSSR count). The van der Waals surface area contributed by atoms with Gasteiger partial charge >= 0.3 is 47.4 Å². The molecule has 0 aromatic carbocycles. The van der Waals surface area contributed by atoms with E-state index in [1.807, 2.05) is 0 Å². The van der Waals surface area contributed by atoms with Gasteiger partial charge in [-0.25, -0.2) is 17.6 Å². The molecule has 0 heterocycles. The van der Waals surface area contributed by atoms with Crippen LogP contribution in [-0.2, 0) is 4.79 Å². The molecule has 30 heavy (non-hydrogen) atoms. The van der Waals surface area contributed by atoms with Gasteiger partial charge in [0.1, 0.15) is 0 Å². The highest BCUT2D eigenvalue weighted by atomic mass is 19.4. The Hall–Kier alpha value is -1.59. The van der Waals surface area contributed by atoms with Gasteiger partial charge in [-0.15, -0.1) is 0 Å². The Bertz CT molecular complexity index is 793. The van der Waals surface area contributed by atoms with Crippen molar-refractivity contribution >= 4 is 5.78 Å². The summed E-state index contributed by atoms with van der Waals surface area (Å²) < 4.78 is 243. The van der Waals surface area contributed by atoms with Crippen LogP contribution in [0.15, 0.2) is 0 Å². The van der Waals surface area contributed by atoms with Gasteiger partial charge in [-0.2, -0.15) is 61.5 Å². The molecule has 1 nitrogen and oxygen atoms in total. The third-order valence-corrected chi connectivity index (χ3v) is 4.89. The lowest BCUT2D eigenvalue weighted by atomic mass is 9.59. The molecule has 2 saturated carbocycles. The molecule has 2 aliphatic carbocycles. The van der Waals surface area contributed by atoms with Gasteiger partial charge in [-0.3, -0.25) is 4.79 Å². The zero-order valence-corrected chi connectivity index (χ0v) is 12.7. The van der Waals surface area contributed by atoms with Crippen molar-refractivity contribution in [3.63, 3.8) is 0 Å². The minimum atomic E-state index is -8.72. The van der Waals surface area contributed by atoms with E-state index in [-0.39, 0.29) is 0 Å². The molecule has 4 atom stereocenters. The van der Waals surface area contributed by atoms with E-state index >= 15 is 0 Å². The van der Waals surface area contributed by atoms with Gasteiger partial charge in [-0.05, 0) is 0 Å². The number of halogens is 18. The first-order valence-electron chi connectivity index (χ1n) is 6.61. The number of alkyl halides is 18. The van der Waals surface area contributed by atoms with Crippen molar-refractivity contribution in [3.8, 4) is 0 Å². The Morgan fingerprint density at radius 1 is 0.500 bits per heavy atom. The monoisotopic (exact) mass is 490 g/mol. The number of rotatable bonds is 0. The van der Waals surface area contributed by atoms with Crippen molar-refractivity contribution < 1.29 is 83.8 Å². The molecule has 2 aliphatic rings. The predicted molar refractivity (Wildman–Crippen MR) is 52.3 cm³/mol. The summed E-state index contributed by atoms with van der Waals surface area (Å²) in [5, 5.41) is 0. The number of carbonyl (C=O) groups excluding carboxylic acids is 1. The van der Waals surface area contributed by atoms with Crippen LogP contribution in [0.25, 0.3) is 0 Å². The summed E-state index contributed by atoms with van der Waals surface area (Å²) in [6, 6.07) is 0. The molecule has 4 unspecified atom stereocenters. The van der Waals surface area contributed by atoms with Crippen LogP contribution < -0.4 is 0 Å². The number of hydrogen-bond donors (Lipinski definition) is 0. The Labute approximate surface area is 150 Å². The fraction of sp³-hybridized carbons (Fsp3) is 0.909. The molecular weight excluding hydrogens is 490 g/mol. The zero-order valence-electron chi connectivity index (χ0n) is 12.7. The first kappa shape index (κ1) is 24.7. The van der Waals surface area contributed by atoms with E-state index in [0.717, 1.165) is 0 Å². The molecule has 176 valence electrons. The number of carbonyl (C=O) groups is 1. The second-order valence-electron chi connectivity index (χ2n) is 6.26. The van der Waals surface area contributed by atoms with Gasteiger partial charge in [0.2, 0.25) is 0 Å². The van der Waals surface area contributed by atoms with E-state index in [1.165, 1.54) is 0 Å². The molecule has 0 aromatic rings. The lowest BCUT2D eigenvalue weighted by molar-refractivity contribution is -0.490. The Morgan fingerprint density at radius 3 is 1.13 bits per heavy atom. The number of Topliss-reactive ketones (excluding diaryl/α,β-unsaturated/α-hetero) is 1. The van der Waals surface area contributed by atoms with Crippen molar-refractivity contribution in [2.45, 2.75) is 58.7 Å². The van der Waals surface area contributed by atoms with E-state index in [2.05, 4.69) is 0 Å². The molecule has 19 heteroatoms. The quantitative estimate of drug-likeness (QED) is 0.433. The largest absolute Gasteiger partial charge is 0.435 e. The van der Waals surface area contributed by atoms with Crippen LogP contribution in [0.4, 0.5) is 79.0 Å². The fourth-order valence-electron chi connectivity index (χ4n) is 3.37. The topological polar surface area (TPSA) is 17.1 Å². The Kier molecular flexibility index (Phi) is 4.17. The first-order chi connectivity index (χ1) is 12.7. The van der Waals surface area contributed by atoms with Gasteiger partial charge in [0.25, 0.3) is 17.1 Å². The molecular formula is C11F18O. The van der Waals surface area contributed by atoms with E-state index in [0.29, 0.717) is 0 Å². The Balaban J connectivity index is 3.29. The van der Waals surface area contributed by atoms with Crippen molar-refractivity contribution in [3.05, 3.63) is 0 Å². The predicted octanol–water partition coefficient (Wildman–Crippen LogP) is 5.08. The summed E-state index contributed by atoms with van der Waals surface area (Å²) in [5.41, 5.74) is -33.6. The van der Waals surface area contributed by atoms with Crippen molar-refractivity contribution in [1.82, 2.24) is 0 Å². The van der Waals surface area contributed by atoms with Crippen LogP contribution in [0.3, 0.4) is 0 Å². The van der Waals surface area contributed by atoms with Crippen molar-refractivity contribution in [1.29, 1.82) is 0 Å². The lowest BCUT2D eigenvalue weighted by Gasteiger charge is -2.56. The second kappa shape index (κ2) is 5.07. The average Bonchev–Trinajstić information content (AvgIpc) is 2.62. The molecule has 0 N–H and O–H groups in total. The number of ketones is 1. The van der Waals surface area contributed by atoms with Gasteiger partial charge < -0.3 is 0 Å². The second-order valence-corrected chi connectivity index (χ2v) is 6.26. The van der Waals surface area contributed by atoms with Crippen LogP contribution >= 0.6 is 0 Å². The maximum absolute atomic E-state index is 14.6. The van der Waals surface area contributed by atoms with Crippen LogP contribution in [0.1, 0.15) is 0 Å². The molecule has 0 aromatic heterocycles. The van der Waals surface area contributed by atoms with Crippen LogP contribution in [0.5, 0.6) is 0 Å². The molecule has 0 saturated heterocycles. The number of hydrogen-bond acceptors (Lipinski definition) is 1. The summed E-state index contributed by atoms with van der Waals surface area (Å²) in [6.07, 6.45) is -16.4. The molecule has 0 radical (unpaired) electrons. The van der Waals surface area contributed by atoms with E-state index in [4.69, 9.17) is 0 Å². The van der Waals surface area contributed by atoms with Crippen molar-refractivity contribution in [2.24, 2.45) is 0 Å². The first-order valence-corrected chi connectivity index (χ1v) is 6.61. The maximum atomic E-state index is 14.6. The normalized spacial score (nSPS) is 44.7. The van der Waals surface area contributed by atoms with E-state index < -0.39 is 64.5 Å². The minimum Gasteiger partial charge on any atom is -0.289 e. The zero-order chi connectivity index (χ0) is 24.6. The summed E-state index contributed by atoms with van der Waals surface area (Å²) in [5.74, 6) is -38.5. The van der Waals surface area contributed by atoms with Gasteiger partial charge in [0, 0.05) is 0 Å². The summed E-state index contributed by atoms with van der Waals surface area (Å²) >= 11 is 0. The van der Waals surface area contributed by atoms with E-state index in [1.54, 1.807) is 0 Å². The van der Waals surface area contributed by atoms with Crippen LogP contribution in [-0.4, -0.2) is 64.5 Å². The van der Waals surface area contributed by atoms with Crippen molar-refractivity contribution in [2.75, 3.05) is 0 Å². The van der Waals surface area contributed by atoms with E-state index in [9.17, 15) is 83.8 Å². The highest BCUT2D eigenvalue weighted by Gasteiger charge is 3.15. The molecule has 0 aliphatic heterocycles. The Morgan fingerprint density at radius 2 is 0.833 bits per heavy atom. The number of fused-ring (bicyclic) bond motifs is 1.